The highest BCUT2D eigenvalue weighted by Gasteiger charge is 2.33. The number of fused-ring (bicyclic) bond motifs is 1. The molecule has 31 heavy (non-hydrogen) atoms. The molecule has 2 amide bonds. The summed E-state index contributed by atoms with van der Waals surface area (Å²) in [7, 11) is 0. The Hall–Kier alpha value is -3.36. The maximum atomic E-state index is 14.4. The first-order valence-corrected chi connectivity index (χ1v) is 10.4. The van der Waals surface area contributed by atoms with E-state index in [9.17, 15) is 23.9 Å². The fraction of sp³-hybridized carbons (Fsp3) is 0.409. The van der Waals surface area contributed by atoms with Crippen LogP contribution in [-0.4, -0.2) is 46.3 Å². The van der Waals surface area contributed by atoms with Gasteiger partial charge in [-0.15, -0.1) is 0 Å². The second-order valence-electron chi connectivity index (χ2n) is 7.37. The lowest BCUT2D eigenvalue weighted by molar-refractivity contribution is 0.0695. The number of halogens is 1. The first kappa shape index (κ1) is 22.3. The molecule has 0 aliphatic carbocycles. The molecule has 0 saturated heterocycles. The van der Waals surface area contributed by atoms with Crippen molar-refractivity contribution in [2.75, 3.05) is 24.8 Å². The molecule has 2 heterocycles. The summed E-state index contributed by atoms with van der Waals surface area (Å²) in [5, 5.41) is 14.8. The lowest BCUT2D eigenvalue weighted by Crippen LogP contribution is -2.54. The summed E-state index contributed by atoms with van der Waals surface area (Å²) < 4.78 is 15.8. The molecule has 0 radical (unpaired) electrons. The average Bonchev–Trinajstić information content (AvgIpc) is 2.76. The van der Waals surface area contributed by atoms with E-state index in [-0.39, 0.29) is 24.5 Å². The van der Waals surface area contributed by atoms with E-state index in [2.05, 4.69) is 5.32 Å². The van der Waals surface area contributed by atoms with Crippen LogP contribution in [0, 0.1) is 5.82 Å². The number of benzene rings is 1. The first-order chi connectivity index (χ1) is 14.8. The van der Waals surface area contributed by atoms with Crippen molar-refractivity contribution in [2.45, 2.75) is 40.2 Å². The van der Waals surface area contributed by atoms with Gasteiger partial charge in [0.25, 0.3) is 11.8 Å². The molecule has 3 rings (SSSR count). The van der Waals surface area contributed by atoms with Gasteiger partial charge in [0.05, 0.1) is 0 Å². The predicted octanol–water partition coefficient (Wildman–Crippen LogP) is 1.97. The van der Waals surface area contributed by atoms with Crippen LogP contribution < -0.4 is 15.8 Å². The molecule has 1 aromatic carbocycles. The van der Waals surface area contributed by atoms with E-state index >= 15 is 0 Å². The summed E-state index contributed by atoms with van der Waals surface area (Å²) in [6.45, 7) is 6.73. The van der Waals surface area contributed by atoms with Crippen molar-refractivity contribution in [1.82, 2.24) is 14.9 Å². The smallest absolute Gasteiger partial charge is 0.277 e. The fourth-order valence-corrected chi connectivity index (χ4v) is 3.65. The van der Waals surface area contributed by atoms with E-state index < -0.39 is 28.8 Å². The zero-order valence-corrected chi connectivity index (χ0v) is 17.9. The second-order valence-corrected chi connectivity index (χ2v) is 7.37. The van der Waals surface area contributed by atoms with Gasteiger partial charge < -0.3 is 15.3 Å². The Morgan fingerprint density at radius 2 is 1.90 bits per heavy atom. The van der Waals surface area contributed by atoms with Crippen LogP contribution in [0.2, 0.25) is 0 Å². The minimum atomic E-state index is -0.936. The Morgan fingerprint density at radius 1 is 1.19 bits per heavy atom. The number of aryl methyl sites for hydroxylation is 1. The van der Waals surface area contributed by atoms with Crippen molar-refractivity contribution >= 4 is 11.8 Å². The maximum absolute atomic E-state index is 14.4. The van der Waals surface area contributed by atoms with Crippen molar-refractivity contribution in [2.24, 2.45) is 0 Å². The number of carbonyl (C=O) groups is 2. The van der Waals surface area contributed by atoms with Crippen molar-refractivity contribution in [3.8, 4) is 5.75 Å². The predicted molar refractivity (Wildman–Crippen MR) is 114 cm³/mol. The molecule has 0 fully saturated rings. The van der Waals surface area contributed by atoms with Crippen LogP contribution in [-0.2, 0) is 13.0 Å². The van der Waals surface area contributed by atoms with E-state index in [0.717, 1.165) is 6.42 Å². The summed E-state index contributed by atoms with van der Waals surface area (Å²) in [5.41, 5.74) is -0.574. The first-order valence-electron chi connectivity index (χ1n) is 10.4. The summed E-state index contributed by atoms with van der Waals surface area (Å²) in [6.07, 6.45) is 2.54. The summed E-state index contributed by atoms with van der Waals surface area (Å²) in [5.74, 6) is -2.39. The Labute approximate surface area is 179 Å². The van der Waals surface area contributed by atoms with Crippen LogP contribution >= 0.6 is 0 Å². The van der Waals surface area contributed by atoms with Gasteiger partial charge in [-0.05, 0) is 25.3 Å². The van der Waals surface area contributed by atoms with Crippen LogP contribution in [0.1, 0.15) is 59.2 Å². The molecule has 0 bridgehead atoms. The van der Waals surface area contributed by atoms with Crippen LogP contribution in [0.25, 0.3) is 0 Å². The monoisotopic (exact) mass is 430 g/mol. The van der Waals surface area contributed by atoms with Crippen LogP contribution in [0.3, 0.4) is 0 Å². The summed E-state index contributed by atoms with van der Waals surface area (Å²) in [4.78, 5) is 39.6. The SMILES string of the molecule is CCCN1CN(CC)C(=O)c2c(O)c(=O)c(C(=O)NCc3cccc(CC)c3F)cn21. The minimum Gasteiger partial charge on any atom is -0.502 e. The highest BCUT2D eigenvalue weighted by atomic mass is 19.1. The number of hydrogen-bond donors (Lipinski definition) is 2. The quantitative estimate of drug-likeness (QED) is 0.700. The zero-order chi connectivity index (χ0) is 22.7. The number of amides is 2. The third kappa shape index (κ3) is 4.12. The number of hydrogen-bond acceptors (Lipinski definition) is 5. The second kappa shape index (κ2) is 9.20. The standard InChI is InChI=1S/C22H27FN4O4/c1-4-10-26-13-25(6-3)22(31)18-20(29)19(28)16(12-27(18)26)21(30)24-11-15-9-7-8-14(5-2)17(15)23/h7-9,12,29H,4-6,10-11,13H2,1-3H3,(H,24,30). The third-order valence-electron chi connectivity index (χ3n) is 5.38. The molecule has 0 spiro atoms. The normalized spacial score (nSPS) is 13.4. The molecule has 2 N–H and O–H groups in total. The van der Waals surface area contributed by atoms with Crippen molar-refractivity contribution < 1.29 is 19.1 Å². The molecule has 8 nitrogen and oxygen atoms in total. The Bertz CT molecular complexity index is 1070. The van der Waals surface area contributed by atoms with E-state index in [4.69, 9.17) is 0 Å². The molecule has 0 atom stereocenters. The van der Waals surface area contributed by atoms with E-state index in [0.29, 0.717) is 30.6 Å². The average molecular weight is 430 g/mol. The third-order valence-corrected chi connectivity index (χ3v) is 5.38. The molecular weight excluding hydrogens is 403 g/mol. The summed E-state index contributed by atoms with van der Waals surface area (Å²) in [6, 6.07) is 4.94. The van der Waals surface area contributed by atoms with Crippen LogP contribution in [0.4, 0.5) is 4.39 Å². The van der Waals surface area contributed by atoms with Crippen LogP contribution in [0.15, 0.2) is 29.2 Å². The molecule has 1 aliphatic rings. The highest BCUT2D eigenvalue weighted by molar-refractivity contribution is 5.99. The molecule has 1 aliphatic heterocycles. The summed E-state index contributed by atoms with van der Waals surface area (Å²) >= 11 is 0. The topological polar surface area (TPSA) is 94.9 Å². The molecular formula is C22H27FN4O4. The highest BCUT2D eigenvalue weighted by Crippen LogP contribution is 2.21. The molecule has 2 aromatic rings. The van der Waals surface area contributed by atoms with Crippen LogP contribution in [0.5, 0.6) is 5.75 Å². The number of rotatable bonds is 7. The zero-order valence-electron chi connectivity index (χ0n) is 17.9. The lowest BCUT2D eigenvalue weighted by Gasteiger charge is -2.39. The number of pyridine rings is 1. The van der Waals surface area contributed by atoms with E-state index in [1.165, 1.54) is 15.8 Å². The lowest BCUT2D eigenvalue weighted by atomic mass is 10.1. The van der Waals surface area contributed by atoms with Gasteiger partial charge >= 0.3 is 0 Å². The van der Waals surface area contributed by atoms with E-state index in [1.54, 1.807) is 30.1 Å². The number of nitrogens with zero attached hydrogens (tertiary/aromatic N) is 3. The van der Waals surface area contributed by atoms with Crippen molar-refractivity contribution in [1.29, 1.82) is 0 Å². The molecule has 166 valence electrons. The van der Waals surface area contributed by atoms with Gasteiger partial charge in [-0.3, -0.25) is 24.1 Å². The van der Waals surface area contributed by atoms with Gasteiger partial charge in [0, 0.05) is 31.4 Å². The largest absolute Gasteiger partial charge is 0.502 e. The van der Waals surface area contributed by atoms with Gasteiger partial charge in [0.15, 0.2) is 11.4 Å². The fourth-order valence-electron chi connectivity index (χ4n) is 3.65. The Morgan fingerprint density at radius 3 is 2.55 bits per heavy atom. The molecule has 0 unspecified atom stereocenters. The van der Waals surface area contributed by atoms with Crippen molar-refractivity contribution in [3.05, 3.63) is 62.8 Å². The Kier molecular flexibility index (Phi) is 6.62. The number of aromatic hydroxyl groups is 1. The molecule has 0 saturated carbocycles. The molecule has 1 aromatic heterocycles. The number of aromatic nitrogens is 1. The molecule has 9 heteroatoms. The maximum Gasteiger partial charge on any atom is 0.277 e. The Balaban J connectivity index is 1.95. The van der Waals surface area contributed by atoms with Gasteiger partial charge in [-0.25, -0.2) is 4.39 Å². The van der Waals surface area contributed by atoms with Crippen molar-refractivity contribution in [3.63, 3.8) is 0 Å². The van der Waals surface area contributed by atoms with Gasteiger partial charge in [0.2, 0.25) is 5.43 Å². The van der Waals surface area contributed by atoms with Gasteiger partial charge in [0.1, 0.15) is 18.0 Å². The number of carbonyl (C=O) groups excluding carboxylic acids is 2. The minimum absolute atomic E-state index is 0.109. The van der Waals surface area contributed by atoms with Gasteiger partial charge in [-0.2, -0.15) is 0 Å². The number of nitrogens with one attached hydrogen (secondary N) is 1. The van der Waals surface area contributed by atoms with E-state index in [1.807, 2.05) is 13.8 Å². The van der Waals surface area contributed by atoms with Gasteiger partial charge in [-0.1, -0.05) is 32.0 Å².